The topological polar surface area (TPSA) is 93.9 Å². The molecular formula is C19H21N3O4S2. The lowest BCUT2D eigenvalue weighted by molar-refractivity contribution is 0.437. The van der Waals surface area contributed by atoms with Crippen LogP contribution in [0, 0.1) is 11.3 Å². The predicted octanol–water partition coefficient (Wildman–Crippen LogP) is 2.88. The third-order valence-electron chi connectivity index (χ3n) is 4.56. The van der Waals surface area contributed by atoms with Crippen molar-refractivity contribution in [2.75, 3.05) is 30.3 Å². The molecule has 1 fully saturated rings. The van der Waals surface area contributed by atoms with Crippen LogP contribution in [0.25, 0.3) is 0 Å². The summed E-state index contributed by atoms with van der Waals surface area (Å²) in [6.45, 7) is 2.06. The molecule has 0 spiro atoms. The van der Waals surface area contributed by atoms with Crippen LogP contribution in [-0.4, -0.2) is 48.2 Å². The number of hydrogen-bond donors (Lipinski definition) is 1. The molecule has 0 unspecified atom stereocenters. The Labute approximate surface area is 170 Å². The second-order valence-corrected chi connectivity index (χ2v) is 8.52. The van der Waals surface area contributed by atoms with Crippen LogP contribution >= 0.6 is 12.2 Å². The molecule has 1 aromatic rings. The summed E-state index contributed by atoms with van der Waals surface area (Å²) in [4.78, 5) is 4.38. The van der Waals surface area contributed by atoms with Crippen LogP contribution in [0.3, 0.4) is 0 Å². The fourth-order valence-corrected chi connectivity index (χ4v) is 4.00. The van der Waals surface area contributed by atoms with Gasteiger partial charge in [0.25, 0.3) is 10.1 Å². The van der Waals surface area contributed by atoms with Crippen LogP contribution in [-0.2, 0) is 10.1 Å². The van der Waals surface area contributed by atoms with Gasteiger partial charge in [0.1, 0.15) is 11.1 Å². The van der Waals surface area contributed by atoms with Gasteiger partial charge in [-0.25, -0.2) is 0 Å². The van der Waals surface area contributed by atoms with Gasteiger partial charge in [0.15, 0.2) is 5.75 Å². The molecule has 0 atom stereocenters. The number of allylic oxidation sites excluding steroid dienone is 2. The van der Waals surface area contributed by atoms with Gasteiger partial charge in [-0.2, -0.15) is 13.7 Å². The summed E-state index contributed by atoms with van der Waals surface area (Å²) in [6.07, 6.45) is 5.68. The van der Waals surface area contributed by atoms with Crippen molar-refractivity contribution in [2.24, 2.45) is 0 Å². The number of fused-ring (bicyclic) bond motifs is 1. The third kappa shape index (κ3) is 4.90. The minimum absolute atomic E-state index is 0.231. The van der Waals surface area contributed by atoms with Gasteiger partial charge in [-0.05, 0) is 37.5 Å². The molecule has 0 bridgehead atoms. The lowest BCUT2D eigenvalue weighted by Gasteiger charge is -2.18. The molecule has 9 heteroatoms. The average molecular weight is 420 g/mol. The average Bonchev–Trinajstić information content (AvgIpc) is 3.30. The smallest absolute Gasteiger partial charge is 0.264 e. The summed E-state index contributed by atoms with van der Waals surface area (Å²) < 4.78 is 36.9. The maximum Gasteiger partial charge on any atom is 0.264 e. The second-order valence-electron chi connectivity index (χ2n) is 6.56. The summed E-state index contributed by atoms with van der Waals surface area (Å²) in [6, 6.07) is 9.54. The first-order valence-corrected chi connectivity index (χ1v) is 11.0. The minimum Gasteiger partial charge on any atom is -0.439 e. The SMILES string of the molecule is N#CC(=CC=C1Oc2ccccc2N1CCCS(=O)(=O)O)C(=S)N1CCCC1. The van der Waals surface area contributed by atoms with E-state index in [2.05, 4.69) is 6.07 Å². The Morgan fingerprint density at radius 1 is 1.32 bits per heavy atom. The number of para-hydroxylation sites is 2. The van der Waals surface area contributed by atoms with E-state index in [1.807, 2.05) is 34.1 Å². The molecule has 2 aliphatic heterocycles. The van der Waals surface area contributed by atoms with E-state index in [1.54, 1.807) is 12.2 Å². The summed E-state index contributed by atoms with van der Waals surface area (Å²) in [5.41, 5.74) is 1.19. The van der Waals surface area contributed by atoms with Crippen LogP contribution in [0.4, 0.5) is 5.69 Å². The molecule has 1 N–H and O–H groups in total. The first-order valence-electron chi connectivity index (χ1n) is 9.00. The Morgan fingerprint density at radius 3 is 2.71 bits per heavy atom. The predicted molar refractivity (Wildman–Crippen MR) is 111 cm³/mol. The fourth-order valence-electron chi connectivity index (χ4n) is 3.21. The zero-order valence-corrected chi connectivity index (χ0v) is 16.9. The fraction of sp³-hybridized carbons (Fsp3) is 0.368. The lowest BCUT2D eigenvalue weighted by atomic mass is 10.2. The summed E-state index contributed by atoms with van der Waals surface area (Å²) >= 11 is 5.44. The molecule has 1 aromatic carbocycles. The van der Waals surface area contributed by atoms with E-state index in [0.29, 0.717) is 28.7 Å². The zero-order chi connectivity index (χ0) is 20.1. The molecule has 0 aromatic heterocycles. The molecular weight excluding hydrogens is 398 g/mol. The van der Waals surface area contributed by atoms with E-state index in [1.165, 1.54) is 0 Å². The summed E-state index contributed by atoms with van der Waals surface area (Å²) in [5, 5.41) is 9.49. The second kappa shape index (κ2) is 8.73. The van der Waals surface area contributed by atoms with E-state index in [0.717, 1.165) is 31.6 Å². The quantitative estimate of drug-likeness (QED) is 0.326. The molecule has 7 nitrogen and oxygen atoms in total. The van der Waals surface area contributed by atoms with Crippen LogP contribution in [0.5, 0.6) is 5.75 Å². The van der Waals surface area contributed by atoms with Crippen molar-refractivity contribution in [3.63, 3.8) is 0 Å². The van der Waals surface area contributed by atoms with Gasteiger partial charge < -0.3 is 14.5 Å². The Bertz CT molecular complexity index is 958. The molecule has 0 saturated carbocycles. The molecule has 0 radical (unpaired) electrons. The first-order chi connectivity index (χ1) is 13.4. The number of rotatable bonds is 6. The van der Waals surface area contributed by atoms with E-state index >= 15 is 0 Å². The van der Waals surface area contributed by atoms with Crippen LogP contribution in [0.1, 0.15) is 19.3 Å². The number of likely N-dealkylation sites (tertiary alicyclic amines) is 1. The van der Waals surface area contributed by atoms with Crippen molar-refractivity contribution < 1.29 is 17.7 Å². The van der Waals surface area contributed by atoms with Gasteiger partial charge >= 0.3 is 0 Å². The Hall–Kier alpha value is -2.41. The van der Waals surface area contributed by atoms with Crippen molar-refractivity contribution in [1.82, 2.24) is 4.90 Å². The summed E-state index contributed by atoms with van der Waals surface area (Å²) in [5.74, 6) is 0.792. The monoisotopic (exact) mass is 419 g/mol. The number of anilines is 1. The molecule has 2 aliphatic rings. The maximum absolute atomic E-state index is 11.0. The number of nitriles is 1. The van der Waals surface area contributed by atoms with Gasteiger partial charge in [-0.15, -0.1) is 0 Å². The lowest BCUT2D eigenvalue weighted by Crippen LogP contribution is -2.27. The van der Waals surface area contributed by atoms with Gasteiger partial charge in [0, 0.05) is 25.7 Å². The highest BCUT2D eigenvalue weighted by molar-refractivity contribution is 7.85. The summed E-state index contributed by atoms with van der Waals surface area (Å²) in [7, 11) is -4.03. The number of ether oxygens (including phenoxy) is 1. The molecule has 28 heavy (non-hydrogen) atoms. The minimum atomic E-state index is -4.03. The Balaban J connectivity index is 1.81. The largest absolute Gasteiger partial charge is 0.439 e. The molecule has 3 rings (SSSR count). The number of nitrogens with zero attached hydrogens (tertiary/aromatic N) is 3. The molecule has 1 saturated heterocycles. The van der Waals surface area contributed by atoms with Crippen LogP contribution < -0.4 is 9.64 Å². The maximum atomic E-state index is 11.0. The van der Waals surface area contributed by atoms with Gasteiger partial charge in [-0.3, -0.25) is 4.55 Å². The normalized spacial score (nSPS) is 18.1. The van der Waals surface area contributed by atoms with E-state index in [-0.39, 0.29) is 12.2 Å². The first kappa shape index (κ1) is 20.3. The number of hydrogen-bond acceptors (Lipinski definition) is 6. The van der Waals surface area contributed by atoms with Crippen LogP contribution in [0.15, 0.2) is 47.9 Å². The van der Waals surface area contributed by atoms with Crippen molar-refractivity contribution in [2.45, 2.75) is 19.3 Å². The molecule has 0 aliphatic carbocycles. The van der Waals surface area contributed by atoms with E-state index < -0.39 is 10.1 Å². The number of benzene rings is 1. The number of thiocarbonyl (C=S) groups is 1. The van der Waals surface area contributed by atoms with Gasteiger partial charge in [0.05, 0.1) is 17.0 Å². The zero-order valence-electron chi connectivity index (χ0n) is 15.2. The van der Waals surface area contributed by atoms with Crippen LogP contribution in [0.2, 0.25) is 0 Å². The highest BCUT2D eigenvalue weighted by Gasteiger charge is 2.26. The van der Waals surface area contributed by atoms with E-state index in [9.17, 15) is 13.7 Å². The van der Waals surface area contributed by atoms with E-state index in [4.69, 9.17) is 21.5 Å². The third-order valence-corrected chi connectivity index (χ3v) is 5.84. The standard InChI is InChI=1S/C19H21N3O4S2/c20-14-15(19(27)21-10-3-4-11-21)8-9-18-22(12-5-13-28(23,24)25)16-6-1-2-7-17(16)26-18/h1-2,6-9H,3-5,10-13H2,(H,23,24,25). The molecule has 148 valence electrons. The van der Waals surface area contributed by atoms with Crippen molar-refractivity contribution in [3.05, 3.63) is 47.9 Å². The van der Waals surface area contributed by atoms with Gasteiger partial charge in [0.2, 0.25) is 5.88 Å². The molecule has 2 heterocycles. The van der Waals surface area contributed by atoms with Crippen molar-refractivity contribution >= 4 is 33.0 Å². The van der Waals surface area contributed by atoms with Crippen molar-refractivity contribution in [1.29, 1.82) is 5.26 Å². The Morgan fingerprint density at radius 2 is 2.04 bits per heavy atom. The highest BCUT2D eigenvalue weighted by Crippen LogP contribution is 2.38. The van der Waals surface area contributed by atoms with Crippen molar-refractivity contribution in [3.8, 4) is 11.8 Å². The highest BCUT2D eigenvalue weighted by atomic mass is 32.2. The molecule has 0 amide bonds. The van der Waals surface area contributed by atoms with Gasteiger partial charge in [-0.1, -0.05) is 24.4 Å². The Kier molecular flexibility index (Phi) is 6.34.